The minimum atomic E-state index is -4.73. The van der Waals surface area contributed by atoms with E-state index in [0.29, 0.717) is 22.9 Å². The molecule has 0 fully saturated rings. The Morgan fingerprint density at radius 1 is 1.17 bits per heavy atom. The van der Waals surface area contributed by atoms with Crippen molar-refractivity contribution in [2.45, 2.75) is 13.3 Å². The first kappa shape index (κ1) is 15.7. The molecule has 0 amide bonds. The number of rotatable bonds is 4. The Morgan fingerprint density at radius 3 is 2.54 bits per heavy atom. The number of nitrogens with zero attached hydrogens (tertiary/aromatic N) is 4. The van der Waals surface area contributed by atoms with Crippen LogP contribution in [0.15, 0.2) is 41.3 Å². The Balaban J connectivity index is 1.82. The van der Waals surface area contributed by atoms with Crippen molar-refractivity contribution >= 4 is 11.5 Å². The van der Waals surface area contributed by atoms with Crippen LogP contribution in [0.2, 0.25) is 0 Å². The first-order chi connectivity index (χ1) is 11.4. The summed E-state index contributed by atoms with van der Waals surface area (Å²) >= 11 is 0. The van der Waals surface area contributed by atoms with Gasteiger partial charge in [0.2, 0.25) is 0 Å². The summed E-state index contributed by atoms with van der Waals surface area (Å²) in [6.45, 7) is 1.67. The van der Waals surface area contributed by atoms with Crippen molar-refractivity contribution in [2.75, 3.05) is 5.32 Å². The van der Waals surface area contributed by atoms with Gasteiger partial charge in [0, 0.05) is 11.9 Å². The summed E-state index contributed by atoms with van der Waals surface area (Å²) in [6.07, 6.45) is -1.93. The lowest BCUT2D eigenvalue weighted by molar-refractivity contribution is -0.274. The number of ether oxygens (including phenoxy) is 1. The van der Waals surface area contributed by atoms with E-state index in [9.17, 15) is 13.2 Å². The second kappa shape index (κ2) is 6.14. The summed E-state index contributed by atoms with van der Waals surface area (Å²) in [5.41, 5.74) is 0.967. The van der Waals surface area contributed by atoms with Gasteiger partial charge in [0.05, 0.1) is 0 Å². The van der Waals surface area contributed by atoms with E-state index >= 15 is 0 Å². The average molecular weight is 337 g/mol. The van der Waals surface area contributed by atoms with Gasteiger partial charge in [0.15, 0.2) is 5.82 Å². The summed E-state index contributed by atoms with van der Waals surface area (Å²) in [4.78, 5) is 12.1. The van der Waals surface area contributed by atoms with Crippen LogP contribution in [-0.4, -0.2) is 26.5 Å². The van der Waals surface area contributed by atoms with Crippen molar-refractivity contribution in [2.24, 2.45) is 0 Å². The van der Waals surface area contributed by atoms with Crippen molar-refractivity contribution in [1.82, 2.24) is 20.1 Å². The Kier molecular flexibility index (Phi) is 4.02. The molecule has 7 nitrogen and oxygen atoms in total. The molecule has 0 saturated heterocycles. The van der Waals surface area contributed by atoms with Crippen LogP contribution in [0.4, 0.5) is 24.7 Å². The first-order valence-electron chi connectivity index (χ1n) is 6.64. The highest BCUT2D eigenvalue weighted by Crippen LogP contribution is 2.28. The number of hydrogen-bond acceptors (Lipinski definition) is 7. The third-order valence-corrected chi connectivity index (χ3v) is 2.82. The smallest absolute Gasteiger partial charge is 0.406 e. The molecule has 24 heavy (non-hydrogen) atoms. The lowest BCUT2D eigenvalue weighted by Crippen LogP contribution is -2.16. The van der Waals surface area contributed by atoms with E-state index in [1.807, 2.05) is 0 Å². The normalized spacial score (nSPS) is 11.3. The highest BCUT2D eigenvalue weighted by Gasteiger charge is 2.30. The molecule has 0 atom stereocenters. The molecule has 0 aliphatic heterocycles. The van der Waals surface area contributed by atoms with E-state index < -0.39 is 6.36 Å². The molecule has 2 aromatic heterocycles. The minimum Gasteiger partial charge on any atom is -0.406 e. The van der Waals surface area contributed by atoms with Crippen LogP contribution in [0.5, 0.6) is 5.75 Å². The molecule has 0 aliphatic carbocycles. The molecule has 0 bridgehead atoms. The molecule has 0 spiro atoms. The molecule has 0 radical (unpaired) electrons. The topological polar surface area (TPSA) is 86.0 Å². The molecule has 2 heterocycles. The Labute approximate surface area is 133 Å². The first-order valence-corrected chi connectivity index (χ1v) is 6.64. The van der Waals surface area contributed by atoms with Crippen LogP contribution in [0.1, 0.15) is 5.82 Å². The summed E-state index contributed by atoms with van der Waals surface area (Å²) in [6, 6.07) is 5.22. The molecule has 1 aromatic carbocycles. The maximum atomic E-state index is 12.2. The standard InChI is InChI=1S/C14H10F3N5O2/c1-8-20-13(24-22-8)11-6-18-7-19-12(11)21-9-2-4-10(5-3-9)23-14(15,16)17/h2-7H,1H3,(H,18,19,21). The van der Waals surface area contributed by atoms with Crippen LogP contribution in [-0.2, 0) is 0 Å². The molecule has 124 valence electrons. The number of aromatic nitrogens is 4. The van der Waals surface area contributed by atoms with Crippen LogP contribution in [0.25, 0.3) is 11.5 Å². The van der Waals surface area contributed by atoms with Gasteiger partial charge in [0.1, 0.15) is 23.5 Å². The van der Waals surface area contributed by atoms with Crippen LogP contribution < -0.4 is 10.1 Å². The third-order valence-electron chi connectivity index (χ3n) is 2.82. The number of nitrogens with one attached hydrogen (secondary N) is 1. The summed E-state index contributed by atoms with van der Waals surface area (Å²) in [5.74, 6) is 0.739. The molecule has 3 rings (SSSR count). The van der Waals surface area contributed by atoms with Gasteiger partial charge in [-0.25, -0.2) is 9.97 Å². The van der Waals surface area contributed by atoms with Crippen LogP contribution >= 0.6 is 0 Å². The largest absolute Gasteiger partial charge is 0.573 e. The number of anilines is 2. The van der Waals surface area contributed by atoms with E-state index in [4.69, 9.17) is 4.52 Å². The maximum absolute atomic E-state index is 12.2. The fourth-order valence-corrected chi connectivity index (χ4v) is 1.87. The predicted octanol–water partition coefficient (Wildman–Crippen LogP) is 3.48. The maximum Gasteiger partial charge on any atom is 0.573 e. The zero-order valence-corrected chi connectivity index (χ0v) is 12.2. The fourth-order valence-electron chi connectivity index (χ4n) is 1.87. The summed E-state index contributed by atoms with van der Waals surface area (Å²) in [5, 5.41) is 6.65. The van der Waals surface area contributed by atoms with E-state index in [1.54, 1.807) is 6.92 Å². The average Bonchev–Trinajstić information content (AvgIpc) is 2.95. The van der Waals surface area contributed by atoms with Gasteiger partial charge < -0.3 is 14.6 Å². The molecular weight excluding hydrogens is 327 g/mol. The van der Waals surface area contributed by atoms with E-state index in [2.05, 4.69) is 30.2 Å². The number of alkyl halides is 3. The van der Waals surface area contributed by atoms with Gasteiger partial charge in [-0.2, -0.15) is 4.98 Å². The van der Waals surface area contributed by atoms with Crippen molar-refractivity contribution in [3.8, 4) is 17.2 Å². The highest BCUT2D eigenvalue weighted by atomic mass is 19.4. The quantitative estimate of drug-likeness (QED) is 0.780. The molecule has 10 heteroatoms. The second-order valence-electron chi connectivity index (χ2n) is 4.63. The number of halogens is 3. The van der Waals surface area contributed by atoms with Gasteiger partial charge in [0.25, 0.3) is 5.89 Å². The van der Waals surface area contributed by atoms with E-state index in [0.717, 1.165) is 0 Å². The fraction of sp³-hybridized carbons (Fsp3) is 0.143. The zero-order chi connectivity index (χ0) is 17.2. The van der Waals surface area contributed by atoms with Gasteiger partial charge in [-0.3, -0.25) is 0 Å². The number of hydrogen-bond donors (Lipinski definition) is 1. The van der Waals surface area contributed by atoms with E-state index in [1.165, 1.54) is 36.8 Å². The van der Waals surface area contributed by atoms with Gasteiger partial charge >= 0.3 is 6.36 Å². The summed E-state index contributed by atoms with van der Waals surface area (Å²) in [7, 11) is 0. The number of aryl methyl sites for hydroxylation is 1. The Bertz CT molecular complexity index is 833. The van der Waals surface area contributed by atoms with Gasteiger partial charge in [-0.05, 0) is 31.2 Å². The van der Waals surface area contributed by atoms with Crippen molar-refractivity contribution in [3.05, 3.63) is 42.6 Å². The van der Waals surface area contributed by atoms with Crippen molar-refractivity contribution < 1.29 is 22.4 Å². The molecule has 3 aromatic rings. The van der Waals surface area contributed by atoms with E-state index in [-0.39, 0.29) is 11.6 Å². The molecular formula is C14H10F3N5O2. The van der Waals surface area contributed by atoms with Crippen molar-refractivity contribution in [1.29, 1.82) is 0 Å². The SMILES string of the molecule is Cc1noc(-c2cncnc2Nc2ccc(OC(F)(F)F)cc2)n1. The monoisotopic (exact) mass is 337 g/mol. The zero-order valence-electron chi connectivity index (χ0n) is 12.2. The molecule has 1 N–H and O–H groups in total. The second-order valence-corrected chi connectivity index (χ2v) is 4.63. The highest BCUT2D eigenvalue weighted by molar-refractivity contribution is 5.72. The summed E-state index contributed by atoms with van der Waals surface area (Å²) < 4.78 is 45.4. The Hall–Kier alpha value is -3.17. The molecule has 0 saturated carbocycles. The van der Waals surface area contributed by atoms with Gasteiger partial charge in [-0.15, -0.1) is 13.2 Å². The minimum absolute atomic E-state index is 0.229. The lowest BCUT2D eigenvalue weighted by Gasteiger charge is -2.11. The van der Waals surface area contributed by atoms with Gasteiger partial charge in [-0.1, -0.05) is 5.16 Å². The molecule has 0 unspecified atom stereocenters. The predicted molar refractivity (Wildman–Crippen MR) is 76.5 cm³/mol. The molecule has 0 aliphatic rings. The number of benzene rings is 1. The third kappa shape index (κ3) is 3.77. The Morgan fingerprint density at radius 2 is 1.92 bits per heavy atom. The lowest BCUT2D eigenvalue weighted by atomic mass is 10.2. The van der Waals surface area contributed by atoms with Crippen molar-refractivity contribution in [3.63, 3.8) is 0 Å². The van der Waals surface area contributed by atoms with Crippen LogP contribution in [0, 0.1) is 6.92 Å². The van der Waals surface area contributed by atoms with Crippen LogP contribution in [0.3, 0.4) is 0 Å².